The van der Waals surface area contributed by atoms with E-state index in [0.29, 0.717) is 11.4 Å². The van der Waals surface area contributed by atoms with Gasteiger partial charge in [-0.25, -0.2) is 4.39 Å². The molecule has 0 saturated heterocycles. The second-order valence-corrected chi connectivity index (χ2v) is 4.48. The predicted molar refractivity (Wildman–Crippen MR) is 71.6 cm³/mol. The first-order valence-electron chi connectivity index (χ1n) is 5.65. The Morgan fingerprint density at radius 2 is 1.94 bits per heavy atom. The lowest BCUT2D eigenvalue weighted by atomic mass is 9.99. The first-order valence-corrected chi connectivity index (χ1v) is 6.03. The van der Waals surface area contributed by atoms with Crippen molar-refractivity contribution in [3.05, 3.63) is 70.5 Å². The van der Waals surface area contributed by atoms with Gasteiger partial charge in [0, 0.05) is 5.02 Å². The Labute approximate surface area is 111 Å². The van der Waals surface area contributed by atoms with Gasteiger partial charge in [0.15, 0.2) is 0 Å². The fourth-order valence-corrected chi connectivity index (χ4v) is 2.09. The second kappa shape index (κ2) is 5.96. The number of nitrogens with one attached hydrogen (secondary N) is 1. The average Bonchev–Trinajstić information content (AvgIpc) is 2.38. The SMILES string of the molecule is NNC(Cc1ccccc1Cl)c1cccc(F)c1. The Morgan fingerprint density at radius 1 is 1.17 bits per heavy atom. The molecule has 4 heteroatoms. The van der Waals surface area contributed by atoms with Gasteiger partial charge in [0.05, 0.1) is 6.04 Å². The van der Waals surface area contributed by atoms with Crippen LogP contribution in [0, 0.1) is 5.82 Å². The fourth-order valence-electron chi connectivity index (χ4n) is 1.88. The van der Waals surface area contributed by atoms with Crippen molar-refractivity contribution >= 4 is 11.6 Å². The van der Waals surface area contributed by atoms with Crippen molar-refractivity contribution < 1.29 is 4.39 Å². The Morgan fingerprint density at radius 3 is 2.61 bits per heavy atom. The fraction of sp³-hybridized carbons (Fsp3) is 0.143. The molecule has 0 aliphatic heterocycles. The standard InChI is InChI=1S/C14H14ClFN2/c15-13-7-2-1-4-10(13)9-14(18-17)11-5-3-6-12(16)8-11/h1-8,14,18H,9,17H2. The van der Waals surface area contributed by atoms with Crippen molar-refractivity contribution in [3.63, 3.8) is 0 Å². The summed E-state index contributed by atoms with van der Waals surface area (Å²) >= 11 is 6.10. The zero-order chi connectivity index (χ0) is 13.0. The molecule has 2 rings (SSSR count). The van der Waals surface area contributed by atoms with Gasteiger partial charge in [0.2, 0.25) is 0 Å². The first kappa shape index (κ1) is 13.0. The van der Waals surface area contributed by atoms with Gasteiger partial charge < -0.3 is 0 Å². The molecule has 3 N–H and O–H groups in total. The lowest BCUT2D eigenvalue weighted by Gasteiger charge is -2.17. The van der Waals surface area contributed by atoms with Gasteiger partial charge in [0.25, 0.3) is 0 Å². The molecule has 94 valence electrons. The molecular weight excluding hydrogens is 251 g/mol. The molecule has 2 nitrogen and oxygen atoms in total. The molecule has 1 unspecified atom stereocenters. The van der Waals surface area contributed by atoms with Crippen LogP contribution in [-0.2, 0) is 6.42 Å². The van der Waals surface area contributed by atoms with Crippen LogP contribution in [0.15, 0.2) is 48.5 Å². The van der Waals surface area contributed by atoms with Gasteiger partial charge in [-0.3, -0.25) is 11.3 Å². The summed E-state index contributed by atoms with van der Waals surface area (Å²) in [7, 11) is 0. The van der Waals surface area contributed by atoms with Crippen molar-refractivity contribution in [2.24, 2.45) is 5.84 Å². The molecule has 0 fully saturated rings. The molecule has 0 aromatic heterocycles. The van der Waals surface area contributed by atoms with Crippen LogP contribution in [0.25, 0.3) is 0 Å². The van der Waals surface area contributed by atoms with Gasteiger partial charge in [-0.15, -0.1) is 0 Å². The third-order valence-electron chi connectivity index (χ3n) is 2.83. The van der Waals surface area contributed by atoms with E-state index in [1.807, 2.05) is 30.3 Å². The van der Waals surface area contributed by atoms with Crippen molar-refractivity contribution in [2.75, 3.05) is 0 Å². The Bertz CT molecular complexity index is 531. The maximum Gasteiger partial charge on any atom is 0.123 e. The Kier molecular flexibility index (Phi) is 4.31. The van der Waals surface area contributed by atoms with E-state index in [1.54, 1.807) is 6.07 Å². The maximum atomic E-state index is 13.2. The van der Waals surface area contributed by atoms with E-state index >= 15 is 0 Å². The summed E-state index contributed by atoms with van der Waals surface area (Å²) in [6, 6.07) is 13.8. The molecule has 2 aromatic rings. The van der Waals surface area contributed by atoms with Crippen LogP contribution in [0.2, 0.25) is 5.02 Å². The second-order valence-electron chi connectivity index (χ2n) is 4.07. The van der Waals surface area contributed by atoms with Crippen LogP contribution < -0.4 is 11.3 Å². The van der Waals surface area contributed by atoms with Gasteiger partial charge in [-0.1, -0.05) is 41.9 Å². The normalized spacial score (nSPS) is 12.4. The van der Waals surface area contributed by atoms with Crippen molar-refractivity contribution in [2.45, 2.75) is 12.5 Å². The van der Waals surface area contributed by atoms with Crippen LogP contribution in [0.1, 0.15) is 17.2 Å². The number of hydrazine groups is 1. The van der Waals surface area contributed by atoms with Gasteiger partial charge in [0.1, 0.15) is 5.82 Å². The molecule has 0 saturated carbocycles. The summed E-state index contributed by atoms with van der Waals surface area (Å²) in [5.41, 5.74) is 4.48. The maximum absolute atomic E-state index is 13.2. The highest BCUT2D eigenvalue weighted by Crippen LogP contribution is 2.23. The minimum atomic E-state index is -0.271. The van der Waals surface area contributed by atoms with E-state index in [9.17, 15) is 4.39 Å². The summed E-state index contributed by atoms with van der Waals surface area (Å²) in [4.78, 5) is 0. The summed E-state index contributed by atoms with van der Waals surface area (Å²) in [5.74, 6) is 5.27. The van der Waals surface area contributed by atoms with Crippen LogP contribution in [0.3, 0.4) is 0 Å². The molecule has 0 spiro atoms. The zero-order valence-corrected chi connectivity index (χ0v) is 10.5. The molecular formula is C14H14ClFN2. The largest absolute Gasteiger partial charge is 0.271 e. The molecule has 2 aromatic carbocycles. The topological polar surface area (TPSA) is 38.0 Å². The lowest BCUT2D eigenvalue weighted by molar-refractivity contribution is 0.544. The van der Waals surface area contributed by atoms with E-state index in [0.717, 1.165) is 11.1 Å². The van der Waals surface area contributed by atoms with E-state index in [-0.39, 0.29) is 11.9 Å². The Hall–Kier alpha value is -1.42. The van der Waals surface area contributed by atoms with E-state index in [4.69, 9.17) is 17.4 Å². The van der Waals surface area contributed by atoms with Crippen molar-refractivity contribution in [3.8, 4) is 0 Å². The van der Waals surface area contributed by atoms with E-state index in [1.165, 1.54) is 12.1 Å². The highest BCUT2D eigenvalue weighted by molar-refractivity contribution is 6.31. The van der Waals surface area contributed by atoms with Crippen LogP contribution >= 0.6 is 11.6 Å². The highest BCUT2D eigenvalue weighted by atomic mass is 35.5. The van der Waals surface area contributed by atoms with Crippen LogP contribution in [0.5, 0.6) is 0 Å². The minimum Gasteiger partial charge on any atom is -0.271 e. The lowest BCUT2D eigenvalue weighted by Crippen LogP contribution is -2.29. The summed E-state index contributed by atoms with van der Waals surface area (Å²) in [6.45, 7) is 0. The summed E-state index contributed by atoms with van der Waals surface area (Å²) in [6.07, 6.45) is 0.611. The minimum absolute atomic E-state index is 0.166. The smallest absolute Gasteiger partial charge is 0.123 e. The van der Waals surface area contributed by atoms with Crippen molar-refractivity contribution in [1.82, 2.24) is 5.43 Å². The predicted octanol–water partition coefficient (Wildman–Crippen LogP) is 3.23. The van der Waals surface area contributed by atoms with Gasteiger partial charge in [-0.05, 0) is 35.7 Å². The molecule has 0 amide bonds. The third-order valence-corrected chi connectivity index (χ3v) is 3.20. The Balaban J connectivity index is 2.23. The zero-order valence-electron chi connectivity index (χ0n) is 9.74. The number of nitrogens with two attached hydrogens (primary N) is 1. The van der Waals surface area contributed by atoms with Crippen LogP contribution in [-0.4, -0.2) is 0 Å². The first-order chi connectivity index (χ1) is 8.70. The number of benzene rings is 2. The highest BCUT2D eigenvalue weighted by Gasteiger charge is 2.12. The van der Waals surface area contributed by atoms with E-state index < -0.39 is 0 Å². The number of hydrogen-bond acceptors (Lipinski definition) is 2. The summed E-state index contributed by atoms with van der Waals surface area (Å²) in [5, 5.41) is 0.689. The van der Waals surface area contributed by atoms with Gasteiger partial charge >= 0.3 is 0 Å². The summed E-state index contributed by atoms with van der Waals surface area (Å²) < 4.78 is 13.2. The molecule has 0 radical (unpaired) electrons. The monoisotopic (exact) mass is 264 g/mol. The number of rotatable bonds is 4. The van der Waals surface area contributed by atoms with Crippen molar-refractivity contribution in [1.29, 1.82) is 0 Å². The molecule has 1 atom stereocenters. The van der Waals surface area contributed by atoms with Gasteiger partial charge in [-0.2, -0.15) is 0 Å². The molecule has 0 aliphatic carbocycles. The molecule has 18 heavy (non-hydrogen) atoms. The third kappa shape index (κ3) is 3.07. The number of halogens is 2. The average molecular weight is 265 g/mol. The molecule has 0 heterocycles. The van der Waals surface area contributed by atoms with E-state index in [2.05, 4.69) is 5.43 Å². The number of hydrogen-bond donors (Lipinski definition) is 2. The quantitative estimate of drug-likeness (QED) is 0.657. The molecule has 0 bridgehead atoms. The van der Waals surface area contributed by atoms with Crippen LogP contribution in [0.4, 0.5) is 4.39 Å². The molecule has 0 aliphatic rings.